The van der Waals surface area contributed by atoms with Crippen LogP contribution in [0.15, 0.2) is 84.9 Å². The Kier molecular flexibility index (Phi) is 10.8. The van der Waals surface area contributed by atoms with E-state index >= 15 is 0 Å². The first kappa shape index (κ1) is 30.9. The second-order valence-electron chi connectivity index (χ2n) is 10.2. The Morgan fingerprint density at radius 2 is 1.74 bits per heavy atom. The number of nitrogens with zero attached hydrogens (tertiary/aromatic N) is 1. The number of rotatable bonds is 11. The summed E-state index contributed by atoms with van der Waals surface area (Å²) in [5.74, 6) is -0.466. The highest BCUT2D eigenvalue weighted by atomic mass is 32.2. The Morgan fingerprint density at radius 3 is 2.48 bits per heavy atom. The first-order valence-corrected chi connectivity index (χ1v) is 14.9. The number of aliphatic hydroxyl groups is 1. The van der Waals surface area contributed by atoms with Crippen LogP contribution in [0.1, 0.15) is 29.2 Å². The number of aryl methyl sites for hydroxylation is 1. The van der Waals surface area contributed by atoms with Crippen molar-refractivity contribution in [2.75, 3.05) is 13.0 Å². The Morgan fingerprint density at radius 1 is 1.05 bits per heavy atom. The van der Waals surface area contributed by atoms with Gasteiger partial charge in [0.2, 0.25) is 11.8 Å². The molecule has 0 aromatic heterocycles. The minimum absolute atomic E-state index is 0.163. The zero-order chi connectivity index (χ0) is 30.1. The van der Waals surface area contributed by atoms with Crippen molar-refractivity contribution in [2.24, 2.45) is 0 Å². The van der Waals surface area contributed by atoms with Gasteiger partial charge in [0.15, 0.2) is 6.10 Å². The number of benzene rings is 3. The molecule has 0 aliphatic carbocycles. The second-order valence-corrected chi connectivity index (χ2v) is 11.6. The number of methoxy groups -OCH3 is 1. The Bertz CT molecular complexity index is 1410. The summed E-state index contributed by atoms with van der Waals surface area (Å²) in [5.41, 5.74) is 3.62. The molecule has 220 valence electrons. The molecule has 1 aliphatic rings. The standard InChI is InChI=1S/C33H37N3O5S/c1-22-11-7-8-15-26(22)20-34-32(39)30-23(2)42-21-36(30)33(40)31(38)27(19-24-12-5-4-6-13-24)35-29(37)18-17-25-14-9-10-16-28(25)41-3/h4-18,23,27,30-31,38H,19-21H2,1-3H3,(H,34,39)(H,35,37)/b18-17+/t23?,27-,30-,31-/m0/s1. The van der Waals surface area contributed by atoms with Crippen LogP contribution in [0.2, 0.25) is 0 Å². The van der Waals surface area contributed by atoms with Crippen molar-refractivity contribution in [3.05, 3.63) is 107 Å². The fraction of sp³-hybridized carbons (Fsp3) is 0.303. The molecular formula is C33H37N3O5S. The zero-order valence-corrected chi connectivity index (χ0v) is 24.8. The molecule has 0 radical (unpaired) electrons. The third-order valence-corrected chi connectivity index (χ3v) is 8.55. The van der Waals surface area contributed by atoms with E-state index in [1.807, 2.05) is 86.6 Å². The smallest absolute Gasteiger partial charge is 0.254 e. The molecule has 1 heterocycles. The monoisotopic (exact) mass is 587 g/mol. The average molecular weight is 588 g/mol. The highest BCUT2D eigenvalue weighted by molar-refractivity contribution is 8.00. The summed E-state index contributed by atoms with van der Waals surface area (Å²) in [6.07, 6.45) is 1.63. The fourth-order valence-electron chi connectivity index (χ4n) is 4.93. The molecule has 4 atom stereocenters. The van der Waals surface area contributed by atoms with Gasteiger partial charge in [-0.3, -0.25) is 14.4 Å². The molecule has 3 amide bonds. The van der Waals surface area contributed by atoms with Crippen LogP contribution in [0, 0.1) is 6.92 Å². The van der Waals surface area contributed by atoms with E-state index in [-0.39, 0.29) is 23.5 Å². The van der Waals surface area contributed by atoms with Crippen LogP contribution in [-0.2, 0) is 27.3 Å². The summed E-state index contributed by atoms with van der Waals surface area (Å²) in [6, 6.07) is 22.7. The molecule has 9 heteroatoms. The zero-order valence-electron chi connectivity index (χ0n) is 24.0. The van der Waals surface area contributed by atoms with Gasteiger partial charge in [-0.2, -0.15) is 0 Å². The highest BCUT2D eigenvalue weighted by Gasteiger charge is 2.43. The van der Waals surface area contributed by atoms with Gasteiger partial charge >= 0.3 is 0 Å². The molecule has 1 aliphatic heterocycles. The van der Waals surface area contributed by atoms with E-state index in [4.69, 9.17) is 4.74 Å². The maximum Gasteiger partial charge on any atom is 0.254 e. The number of hydrogen-bond donors (Lipinski definition) is 3. The molecule has 0 spiro atoms. The first-order valence-electron chi connectivity index (χ1n) is 13.9. The van der Waals surface area contributed by atoms with Crippen molar-refractivity contribution in [2.45, 2.75) is 50.3 Å². The van der Waals surface area contributed by atoms with E-state index in [0.717, 1.165) is 16.7 Å². The number of aliphatic hydroxyl groups excluding tert-OH is 1. The van der Waals surface area contributed by atoms with Crippen molar-refractivity contribution >= 4 is 35.6 Å². The SMILES string of the molecule is COc1ccccc1/C=C/C(=O)N[C@@H](Cc1ccccc1)[C@H](O)C(=O)N1CSC(C)[C@H]1C(=O)NCc1ccccc1C. The van der Waals surface area contributed by atoms with Gasteiger partial charge in [0.05, 0.1) is 19.0 Å². The number of amides is 3. The van der Waals surface area contributed by atoms with Crippen LogP contribution in [0.3, 0.4) is 0 Å². The van der Waals surface area contributed by atoms with Gasteiger partial charge in [0.25, 0.3) is 5.91 Å². The Balaban J connectivity index is 1.49. The summed E-state index contributed by atoms with van der Waals surface area (Å²) in [5, 5.41) is 17.0. The molecule has 1 fully saturated rings. The maximum absolute atomic E-state index is 13.7. The van der Waals surface area contributed by atoms with Gasteiger partial charge in [-0.25, -0.2) is 0 Å². The second kappa shape index (κ2) is 14.7. The fourth-order valence-corrected chi connectivity index (χ4v) is 6.06. The number of ether oxygens (including phenoxy) is 1. The predicted octanol–water partition coefficient (Wildman–Crippen LogP) is 3.71. The molecular weight excluding hydrogens is 550 g/mol. The van der Waals surface area contributed by atoms with Crippen LogP contribution in [-0.4, -0.2) is 64.2 Å². The number of para-hydroxylation sites is 1. The third kappa shape index (κ3) is 7.80. The van der Waals surface area contributed by atoms with Crippen molar-refractivity contribution in [3.63, 3.8) is 0 Å². The average Bonchev–Trinajstić information content (AvgIpc) is 3.40. The van der Waals surface area contributed by atoms with E-state index in [1.165, 1.54) is 22.7 Å². The topological polar surface area (TPSA) is 108 Å². The van der Waals surface area contributed by atoms with Crippen LogP contribution < -0.4 is 15.4 Å². The van der Waals surface area contributed by atoms with Crippen molar-refractivity contribution in [1.29, 1.82) is 0 Å². The lowest BCUT2D eigenvalue weighted by Crippen LogP contribution is -2.56. The molecule has 0 bridgehead atoms. The largest absolute Gasteiger partial charge is 0.496 e. The van der Waals surface area contributed by atoms with Crippen molar-refractivity contribution in [3.8, 4) is 5.75 Å². The number of hydrogen-bond acceptors (Lipinski definition) is 6. The molecule has 4 rings (SSSR count). The summed E-state index contributed by atoms with van der Waals surface area (Å²) in [4.78, 5) is 41.4. The Hall–Kier alpha value is -4.08. The quantitative estimate of drug-likeness (QED) is 0.295. The van der Waals surface area contributed by atoms with Crippen molar-refractivity contribution in [1.82, 2.24) is 15.5 Å². The molecule has 42 heavy (non-hydrogen) atoms. The summed E-state index contributed by atoms with van der Waals surface area (Å²) < 4.78 is 5.34. The molecule has 1 saturated heterocycles. The predicted molar refractivity (Wildman–Crippen MR) is 166 cm³/mol. The number of carbonyl (C=O) groups is 3. The van der Waals surface area contributed by atoms with Gasteiger partial charge in [0, 0.05) is 23.4 Å². The lowest BCUT2D eigenvalue weighted by molar-refractivity contribution is -0.147. The minimum atomic E-state index is -1.56. The van der Waals surface area contributed by atoms with Gasteiger partial charge in [-0.15, -0.1) is 11.8 Å². The molecule has 3 aromatic carbocycles. The van der Waals surface area contributed by atoms with Crippen LogP contribution >= 0.6 is 11.8 Å². The Labute approximate surface area is 251 Å². The normalized spacial score (nSPS) is 18.0. The maximum atomic E-state index is 13.7. The lowest BCUT2D eigenvalue weighted by atomic mass is 9.99. The number of carbonyl (C=O) groups excluding carboxylic acids is 3. The van der Waals surface area contributed by atoms with Gasteiger partial charge in [0.1, 0.15) is 11.8 Å². The third-order valence-electron chi connectivity index (χ3n) is 7.34. The van der Waals surface area contributed by atoms with Gasteiger partial charge < -0.3 is 25.4 Å². The van der Waals surface area contributed by atoms with Crippen molar-refractivity contribution < 1.29 is 24.2 Å². The van der Waals surface area contributed by atoms with E-state index in [9.17, 15) is 19.5 Å². The van der Waals surface area contributed by atoms with E-state index in [1.54, 1.807) is 19.3 Å². The van der Waals surface area contributed by atoms with Crippen LogP contribution in [0.25, 0.3) is 6.08 Å². The summed E-state index contributed by atoms with van der Waals surface area (Å²) in [7, 11) is 1.55. The van der Waals surface area contributed by atoms with E-state index < -0.39 is 30.0 Å². The van der Waals surface area contributed by atoms with Gasteiger partial charge in [-0.05, 0) is 42.2 Å². The summed E-state index contributed by atoms with van der Waals surface area (Å²) >= 11 is 1.47. The molecule has 8 nitrogen and oxygen atoms in total. The van der Waals surface area contributed by atoms with Crippen LogP contribution in [0.5, 0.6) is 5.75 Å². The molecule has 3 N–H and O–H groups in total. The van der Waals surface area contributed by atoms with Gasteiger partial charge in [-0.1, -0.05) is 79.7 Å². The van der Waals surface area contributed by atoms with E-state index in [2.05, 4.69) is 10.6 Å². The first-order chi connectivity index (χ1) is 20.3. The highest BCUT2D eigenvalue weighted by Crippen LogP contribution is 2.30. The molecule has 3 aromatic rings. The lowest BCUT2D eigenvalue weighted by Gasteiger charge is -2.30. The molecule has 0 saturated carbocycles. The van der Waals surface area contributed by atoms with Crippen LogP contribution in [0.4, 0.5) is 0 Å². The number of thioether (sulfide) groups is 1. The summed E-state index contributed by atoms with van der Waals surface area (Å²) in [6.45, 7) is 4.22. The van der Waals surface area contributed by atoms with E-state index in [0.29, 0.717) is 17.9 Å². The minimum Gasteiger partial charge on any atom is -0.496 e. The number of nitrogens with one attached hydrogen (secondary N) is 2. The molecule has 1 unspecified atom stereocenters.